The minimum absolute atomic E-state index is 0.511. The van der Waals surface area contributed by atoms with Crippen molar-refractivity contribution in [2.45, 2.75) is 13.0 Å². The van der Waals surface area contributed by atoms with Crippen LogP contribution in [0.1, 0.15) is 11.5 Å². The van der Waals surface area contributed by atoms with E-state index in [2.05, 4.69) is 38.3 Å². The number of anilines is 1. The third-order valence-electron chi connectivity index (χ3n) is 2.45. The number of nitrogens with two attached hydrogens (primary N) is 1. The Morgan fingerprint density at radius 2 is 2.22 bits per heavy atom. The molecule has 1 aromatic carbocycles. The minimum atomic E-state index is 0.511. The van der Waals surface area contributed by atoms with Gasteiger partial charge in [0.05, 0.1) is 0 Å². The van der Waals surface area contributed by atoms with Gasteiger partial charge in [0.1, 0.15) is 0 Å². The smallest absolute Gasteiger partial charge is 0.318 e. The molecule has 0 fully saturated rings. The summed E-state index contributed by atoms with van der Waals surface area (Å²) in [5.74, 6) is 0.577. The van der Waals surface area contributed by atoms with E-state index in [4.69, 9.17) is 10.2 Å². The van der Waals surface area contributed by atoms with Crippen LogP contribution in [-0.4, -0.2) is 23.8 Å². The van der Waals surface area contributed by atoms with E-state index in [0.29, 0.717) is 31.4 Å². The van der Waals surface area contributed by atoms with Crippen LogP contribution in [-0.2, 0) is 13.0 Å². The van der Waals surface area contributed by atoms with E-state index >= 15 is 0 Å². The second-order valence-electron chi connectivity index (χ2n) is 4.00. The van der Waals surface area contributed by atoms with E-state index in [1.54, 1.807) is 0 Å². The molecule has 0 saturated heterocycles. The molecule has 0 aliphatic heterocycles. The number of rotatable bonds is 5. The van der Waals surface area contributed by atoms with Crippen molar-refractivity contribution in [3.05, 3.63) is 40.2 Å². The molecule has 2 N–H and O–H groups in total. The Labute approximate surface area is 114 Å². The molecule has 6 heteroatoms. The topological polar surface area (TPSA) is 68.2 Å². The number of nitrogens with zero attached hydrogens (tertiary/aromatic N) is 3. The van der Waals surface area contributed by atoms with Crippen molar-refractivity contribution in [1.29, 1.82) is 0 Å². The fourth-order valence-electron chi connectivity index (χ4n) is 1.60. The lowest BCUT2D eigenvalue weighted by atomic mass is 10.2. The molecule has 1 aromatic heterocycles. The number of hydrogen-bond acceptors (Lipinski definition) is 5. The first kappa shape index (κ1) is 13.0. The lowest BCUT2D eigenvalue weighted by Gasteiger charge is -2.13. The van der Waals surface area contributed by atoms with Crippen LogP contribution in [0.25, 0.3) is 0 Å². The van der Waals surface area contributed by atoms with Gasteiger partial charge in [-0.3, -0.25) is 0 Å². The molecule has 0 atom stereocenters. The third-order valence-corrected chi connectivity index (χ3v) is 2.94. The normalized spacial score (nSPS) is 10.6. The van der Waals surface area contributed by atoms with Crippen LogP contribution in [0.3, 0.4) is 0 Å². The maximum absolute atomic E-state index is 5.50. The molecule has 2 rings (SSSR count). The first-order chi connectivity index (χ1) is 8.69. The summed E-state index contributed by atoms with van der Waals surface area (Å²) in [5, 5.41) is 7.93. The molecule has 5 nitrogen and oxygen atoms in total. The van der Waals surface area contributed by atoms with Crippen molar-refractivity contribution >= 4 is 21.9 Å². The average molecular weight is 311 g/mol. The molecule has 0 amide bonds. The van der Waals surface area contributed by atoms with Crippen LogP contribution in [0.2, 0.25) is 0 Å². The molecule has 0 bridgehead atoms. The molecule has 0 unspecified atom stereocenters. The number of aromatic nitrogens is 2. The second kappa shape index (κ2) is 5.97. The highest BCUT2D eigenvalue weighted by Crippen LogP contribution is 2.16. The average Bonchev–Trinajstić information content (AvgIpc) is 2.78. The SMILES string of the molecule is CN(Cc1cccc(Br)c1)c1nnc(CCN)o1. The molecule has 0 spiro atoms. The lowest BCUT2D eigenvalue weighted by Crippen LogP contribution is -2.16. The molecule has 2 aromatic rings. The number of halogens is 1. The second-order valence-corrected chi connectivity index (χ2v) is 4.92. The van der Waals surface area contributed by atoms with E-state index in [0.717, 1.165) is 4.47 Å². The molecule has 0 radical (unpaired) electrons. The zero-order chi connectivity index (χ0) is 13.0. The summed E-state index contributed by atoms with van der Waals surface area (Å²) in [6.07, 6.45) is 0.609. The Morgan fingerprint density at radius 1 is 1.39 bits per heavy atom. The molecular weight excluding hydrogens is 296 g/mol. The van der Waals surface area contributed by atoms with Gasteiger partial charge in [-0.2, -0.15) is 0 Å². The molecule has 1 heterocycles. The van der Waals surface area contributed by atoms with Crippen molar-refractivity contribution in [2.75, 3.05) is 18.5 Å². The highest BCUT2D eigenvalue weighted by atomic mass is 79.9. The van der Waals surface area contributed by atoms with E-state index < -0.39 is 0 Å². The third kappa shape index (κ3) is 3.30. The summed E-state index contributed by atoms with van der Waals surface area (Å²) >= 11 is 3.45. The molecule has 0 aliphatic rings. The maximum atomic E-state index is 5.50. The van der Waals surface area contributed by atoms with E-state index in [9.17, 15) is 0 Å². The van der Waals surface area contributed by atoms with Crippen molar-refractivity contribution < 1.29 is 4.42 Å². The van der Waals surface area contributed by atoms with Crippen molar-refractivity contribution in [2.24, 2.45) is 5.73 Å². The fraction of sp³-hybridized carbons (Fsp3) is 0.333. The van der Waals surface area contributed by atoms with Gasteiger partial charge in [-0.05, 0) is 17.7 Å². The first-order valence-corrected chi connectivity index (χ1v) is 6.46. The summed E-state index contributed by atoms with van der Waals surface area (Å²) < 4.78 is 6.56. The summed E-state index contributed by atoms with van der Waals surface area (Å²) in [4.78, 5) is 1.91. The van der Waals surface area contributed by atoms with E-state index in [-0.39, 0.29) is 0 Å². The standard InChI is InChI=1S/C12H15BrN4O/c1-17(8-9-3-2-4-10(13)7-9)12-16-15-11(18-12)5-6-14/h2-4,7H,5-6,8,14H2,1H3. The molecule has 96 valence electrons. The minimum Gasteiger partial charge on any atom is -0.408 e. The summed E-state index contributed by atoms with van der Waals surface area (Å²) in [6.45, 7) is 1.22. The van der Waals surface area contributed by atoms with Gasteiger partial charge in [-0.25, -0.2) is 0 Å². The predicted octanol–water partition coefficient (Wildman–Crippen LogP) is 1.97. The number of benzene rings is 1. The van der Waals surface area contributed by atoms with Crippen molar-refractivity contribution in [1.82, 2.24) is 10.2 Å². The van der Waals surface area contributed by atoms with Crippen LogP contribution in [0.15, 0.2) is 33.2 Å². The Morgan fingerprint density at radius 3 is 2.94 bits per heavy atom. The summed E-state index contributed by atoms with van der Waals surface area (Å²) in [6, 6.07) is 8.63. The number of hydrogen-bond donors (Lipinski definition) is 1. The van der Waals surface area contributed by atoms with Crippen LogP contribution in [0.5, 0.6) is 0 Å². The van der Waals surface area contributed by atoms with Crippen molar-refractivity contribution in [3.63, 3.8) is 0 Å². The van der Waals surface area contributed by atoms with Crippen LogP contribution >= 0.6 is 15.9 Å². The molecule has 0 aliphatic carbocycles. The van der Waals surface area contributed by atoms with Crippen LogP contribution in [0, 0.1) is 0 Å². The highest BCUT2D eigenvalue weighted by molar-refractivity contribution is 9.10. The van der Waals surface area contributed by atoms with Gasteiger partial charge in [0.15, 0.2) is 0 Å². The van der Waals surface area contributed by atoms with E-state index in [1.807, 2.05) is 24.1 Å². The predicted molar refractivity (Wildman–Crippen MR) is 73.3 cm³/mol. The summed E-state index contributed by atoms with van der Waals surface area (Å²) in [7, 11) is 1.92. The van der Waals surface area contributed by atoms with Gasteiger partial charge in [0.2, 0.25) is 5.89 Å². The lowest BCUT2D eigenvalue weighted by molar-refractivity contribution is 0.489. The molecule has 0 saturated carbocycles. The van der Waals surface area contributed by atoms with Crippen LogP contribution in [0.4, 0.5) is 6.01 Å². The van der Waals surface area contributed by atoms with Gasteiger partial charge in [0.25, 0.3) is 0 Å². The monoisotopic (exact) mass is 310 g/mol. The molecular formula is C12H15BrN4O. The quantitative estimate of drug-likeness (QED) is 0.914. The largest absolute Gasteiger partial charge is 0.408 e. The van der Waals surface area contributed by atoms with Gasteiger partial charge in [-0.1, -0.05) is 33.2 Å². The van der Waals surface area contributed by atoms with E-state index in [1.165, 1.54) is 5.56 Å². The maximum Gasteiger partial charge on any atom is 0.318 e. The van der Waals surface area contributed by atoms with Gasteiger partial charge >= 0.3 is 6.01 Å². The van der Waals surface area contributed by atoms with Crippen LogP contribution < -0.4 is 10.6 Å². The Balaban J connectivity index is 2.04. The van der Waals surface area contributed by atoms with Gasteiger partial charge in [0, 0.05) is 31.0 Å². The summed E-state index contributed by atoms with van der Waals surface area (Å²) in [5.41, 5.74) is 6.61. The molecule has 18 heavy (non-hydrogen) atoms. The van der Waals surface area contributed by atoms with Gasteiger partial charge in [-0.15, -0.1) is 5.10 Å². The van der Waals surface area contributed by atoms with Gasteiger partial charge < -0.3 is 15.1 Å². The Hall–Kier alpha value is -1.40. The fourth-order valence-corrected chi connectivity index (χ4v) is 2.05. The zero-order valence-corrected chi connectivity index (χ0v) is 11.7. The Bertz CT molecular complexity index is 514. The van der Waals surface area contributed by atoms with Crippen molar-refractivity contribution in [3.8, 4) is 0 Å². The Kier molecular flexibility index (Phi) is 4.33. The highest BCUT2D eigenvalue weighted by Gasteiger charge is 2.10. The first-order valence-electron chi connectivity index (χ1n) is 5.67. The zero-order valence-electron chi connectivity index (χ0n) is 10.1.